The van der Waals surface area contributed by atoms with Crippen LogP contribution >= 0.6 is 0 Å². The maximum atomic E-state index is 14.9. The second kappa shape index (κ2) is 11.5. The molecule has 36 heavy (non-hydrogen) atoms. The van der Waals surface area contributed by atoms with Gasteiger partial charge < -0.3 is 19.7 Å². The molecule has 1 heterocycles. The summed E-state index contributed by atoms with van der Waals surface area (Å²) in [7, 11) is 0. The molecule has 0 unspecified atom stereocenters. The summed E-state index contributed by atoms with van der Waals surface area (Å²) >= 11 is 0. The first kappa shape index (κ1) is 28.8. The van der Waals surface area contributed by atoms with Crippen LogP contribution in [0.2, 0.25) is 0 Å². The van der Waals surface area contributed by atoms with Crippen LogP contribution in [-0.4, -0.2) is 59.3 Å². The summed E-state index contributed by atoms with van der Waals surface area (Å²) < 4.78 is 25.4. The number of benzene rings is 1. The standard InChI is InChI=1S/C26H37FN4O5/c1-16(2)28-21(32)18-9-10-19(20(27)15-18)17-11-13-31(14-12-17)22(29-23(33)35-25(3,4)5)30-24(34)36-26(6,7)8/h9-11,15-16H,12-14H2,1-8H3,(H,28,32)(H,29,30,33,34). The van der Waals surface area contributed by atoms with Crippen LogP contribution in [0.4, 0.5) is 14.0 Å². The molecule has 0 radical (unpaired) electrons. The van der Waals surface area contributed by atoms with Crippen LogP contribution in [0, 0.1) is 5.82 Å². The molecule has 0 saturated carbocycles. The van der Waals surface area contributed by atoms with Crippen LogP contribution in [0.15, 0.2) is 29.3 Å². The molecule has 1 aromatic rings. The molecule has 9 nitrogen and oxygen atoms in total. The van der Waals surface area contributed by atoms with Crippen molar-refractivity contribution in [1.29, 1.82) is 0 Å². The van der Waals surface area contributed by atoms with Crippen molar-refractivity contribution in [3.05, 3.63) is 41.2 Å². The fourth-order valence-electron chi connectivity index (χ4n) is 3.31. The monoisotopic (exact) mass is 504 g/mol. The number of aliphatic imine (C=N–C) groups is 1. The number of alkyl carbamates (subject to hydrolysis) is 1. The molecule has 10 heteroatoms. The molecular formula is C26H37FN4O5. The summed E-state index contributed by atoms with van der Waals surface area (Å²) in [5, 5.41) is 5.27. The molecular weight excluding hydrogens is 467 g/mol. The Morgan fingerprint density at radius 1 is 1.06 bits per heavy atom. The van der Waals surface area contributed by atoms with E-state index in [1.54, 1.807) is 64.7 Å². The van der Waals surface area contributed by atoms with Crippen molar-refractivity contribution < 1.29 is 28.2 Å². The van der Waals surface area contributed by atoms with E-state index in [0.717, 1.165) is 5.57 Å². The van der Waals surface area contributed by atoms with Crippen LogP contribution in [0.5, 0.6) is 0 Å². The fourth-order valence-corrected chi connectivity index (χ4v) is 3.31. The number of guanidine groups is 1. The maximum absolute atomic E-state index is 14.9. The van der Waals surface area contributed by atoms with Crippen molar-refractivity contribution in [2.24, 2.45) is 4.99 Å². The molecule has 1 aliphatic rings. The summed E-state index contributed by atoms with van der Waals surface area (Å²) in [6.07, 6.45) is 0.583. The van der Waals surface area contributed by atoms with Gasteiger partial charge in [0.1, 0.15) is 17.0 Å². The molecule has 0 aromatic heterocycles. The quantitative estimate of drug-likeness (QED) is 0.449. The van der Waals surface area contributed by atoms with E-state index in [-0.39, 0.29) is 30.0 Å². The lowest BCUT2D eigenvalue weighted by molar-refractivity contribution is 0.0554. The highest BCUT2D eigenvalue weighted by atomic mass is 19.1. The molecule has 2 N–H and O–H groups in total. The summed E-state index contributed by atoms with van der Waals surface area (Å²) in [5.74, 6) is -0.855. The normalized spacial score (nSPS) is 14.8. The Labute approximate surface area is 212 Å². The zero-order valence-corrected chi connectivity index (χ0v) is 22.3. The van der Waals surface area contributed by atoms with Crippen LogP contribution in [0.1, 0.15) is 77.7 Å². The summed E-state index contributed by atoms with van der Waals surface area (Å²) in [5.41, 5.74) is -0.125. The van der Waals surface area contributed by atoms with Gasteiger partial charge in [0.05, 0.1) is 0 Å². The molecule has 1 aliphatic heterocycles. The van der Waals surface area contributed by atoms with Gasteiger partial charge in [0, 0.05) is 30.3 Å². The van der Waals surface area contributed by atoms with E-state index in [2.05, 4.69) is 15.6 Å². The SMILES string of the molecule is CC(C)NC(=O)c1ccc(C2=CCN(C(=NC(=O)OC(C)(C)C)NC(=O)OC(C)(C)C)CC2)c(F)c1. The number of amides is 3. The number of rotatable bonds is 3. The number of carbonyl (C=O) groups excluding carboxylic acids is 3. The van der Waals surface area contributed by atoms with Gasteiger partial charge in [0.2, 0.25) is 5.96 Å². The number of nitrogens with one attached hydrogen (secondary N) is 2. The smallest absolute Gasteiger partial charge is 0.437 e. The molecule has 3 amide bonds. The van der Waals surface area contributed by atoms with E-state index >= 15 is 0 Å². The largest absolute Gasteiger partial charge is 0.444 e. The van der Waals surface area contributed by atoms with Crippen molar-refractivity contribution in [2.75, 3.05) is 13.1 Å². The first-order valence-corrected chi connectivity index (χ1v) is 11.9. The highest BCUT2D eigenvalue weighted by Crippen LogP contribution is 2.26. The van der Waals surface area contributed by atoms with E-state index in [0.29, 0.717) is 18.5 Å². The number of halogens is 1. The Morgan fingerprint density at radius 2 is 1.69 bits per heavy atom. The number of hydrogen-bond donors (Lipinski definition) is 2. The van der Waals surface area contributed by atoms with E-state index in [1.165, 1.54) is 6.07 Å². The second-order valence-corrected chi connectivity index (χ2v) is 10.8. The number of nitrogens with zero attached hydrogens (tertiary/aromatic N) is 2. The van der Waals surface area contributed by atoms with E-state index in [4.69, 9.17) is 9.47 Å². The first-order valence-electron chi connectivity index (χ1n) is 11.9. The molecule has 0 spiro atoms. The van der Waals surface area contributed by atoms with Gasteiger partial charge in [-0.1, -0.05) is 12.1 Å². The van der Waals surface area contributed by atoms with Crippen LogP contribution < -0.4 is 10.6 Å². The van der Waals surface area contributed by atoms with E-state index < -0.39 is 29.2 Å². The Hall–Kier alpha value is -3.43. The second-order valence-electron chi connectivity index (χ2n) is 10.8. The molecule has 0 saturated heterocycles. The number of ether oxygens (including phenoxy) is 2. The lowest BCUT2D eigenvalue weighted by atomic mass is 9.97. The van der Waals surface area contributed by atoms with Gasteiger partial charge in [-0.05, 0) is 79.5 Å². The van der Waals surface area contributed by atoms with Gasteiger partial charge in [-0.2, -0.15) is 0 Å². The predicted octanol–water partition coefficient (Wildman–Crippen LogP) is 4.87. The summed E-state index contributed by atoms with van der Waals surface area (Å²) in [6.45, 7) is 14.6. The number of carbonyl (C=O) groups is 3. The van der Waals surface area contributed by atoms with Gasteiger partial charge >= 0.3 is 12.2 Å². The van der Waals surface area contributed by atoms with E-state index in [1.807, 2.05) is 13.8 Å². The molecule has 2 rings (SSSR count). The van der Waals surface area contributed by atoms with Crippen molar-refractivity contribution in [3.8, 4) is 0 Å². The van der Waals surface area contributed by atoms with Crippen molar-refractivity contribution >= 4 is 29.6 Å². The summed E-state index contributed by atoms with van der Waals surface area (Å²) in [4.78, 5) is 42.5. The van der Waals surface area contributed by atoms with Gasteiger partial charge in [0.25, 0.3) is 5.91 Å². The Bertz CT molecular complexity index is 1050. The lowest BCUT2D eigenvalue weighted by Crippen LogP contribution is -2.48. The third-order valence-electron chi connectivity index (χ3n) is 4.71. The Kier molecular flexibility index (Phi) is 9.23. The maximum Gasteiger partial charge on any atom is 0.437 e. The van der Waals surface area contributed by atoms with Crippen LogP contribution in [0.25, 0.3) is 5.57 Å². The van der Waals surface area contributed by atoms with Crippen molar-refractivity contribution in [1.82, 2.24) is 15.5 Å². The molecule has 0 atom stereocenters. The topological polar surface area (TPSA) is 109 Å². The Morgan fingerprint density at radius 3 is 2.19 bits per heavy atom. The lowest BCUT2D eigenvalue weighted by Gasteiger charge is -2.30. The first-order chi connectivity index (χ1) is 16.5. The van der Waals surface area contributed by atoms with Crippen molar-refractivity contribution in [3.63, 3.8) is 0 Å². The van der Waals surface area contributed by atoms with Gasteiger partial charge in [-0.3, -0.25) is 10.1 Å². The van der Waals surface area contributed by atoms with Crippen molar-refractivity contribution in [2.45, 2.75) is 79.1 Å². The minimum absolute atomic E-state index is 0.0185. The molecule has 1 aromatic carbocycles. The zero-order valence-electron chi connectivity index (χ0n) is 22.3. The fraction of sp³-hybridized carbons (Fsp3) is 0.538. The third kappa shape index (κ3) is 9.31. The summed E-state index contributed by atoms with van der Waals surface area (Å²) in [6, 6.07) is 4.33. The van der Waals surface area contributed by atoms with Crippen LogP contribution in [-0.2, 0) is 9.47 Å². The minimum Gasteiger partial charge on any atom is -0.444 e. The molecule has 198 valence electrons. The number of hydrogen-bond acceptors (Lipinski definition) is 5. The van der Waals surface area contributed by atoms with Gasteiger partial charge in [-0.15, -0.1) is 4.99 Å². The zero-order chi connectivity index (χ0) is 27.3. The molecule has 0 fully saturated rings. The van der Waals surface area contributed by atoms with Gasteiger partial charge in [0.15, 0.2) is 0 Å². The minimum atomic E-state index is -0.857. The highest BCUT2D eigenvalue weighted by Gasteiger charge is 2.25. The molecule has 0 bridgehead atoms. The highest BCUT2D eigenvalue weighted by molar-refractivity contribution is 5.99. The average Bonchev–Trinajstić information content (AvgIpc) is 2.70. The van der Waals surface area contributed by atoms with Gasteiger partial charge in [-0.25, -0.2) is 14.0 Å². The third-order valence-corrected chi connectivity index (χ3v) is 4.71. The van der Waals surface area contributed by atoms with Crippen LogP contribution in [0.3, 0.4) is 0 Å². The predicted molar refractivity (Wildman–Crippen MR) is 136 cm³/mol. The Balaban J connectivity index is 2.23. The van der Waals surface area contributed by atoms with E-state index in [9.17, 15) is 18.8 Å². The molecule has 0 aliphatic carbocycles. The average molecular weight is 505 g/mol.